The molecule has 5 heteroatoms. The van der Waals surface area contributed by atoms with Crippen molar-refractivity contribution in [1.29, 1.82) is 0 Å². The average molecular weight is 380 g/mol. The van der Waals surface area contributed by atoms with Gasteiger partial charge in [-0.25, -0.2) is 4.90 Å². The second-order valence-corrected chi connectivity index (χ2v) is 7.86. The molecule has 2 bridgehead atoms. The van der Waals surface area contributed by atoms with Crippen molar-refractivity contribution in [2.45, 2.75) is 13.0 Å². The lowest BCUT2D eigenvalue weighted by Crippen LogP contribution is -2.32. The van der Waals surface area contributed by atoms with Gasteiger partial charge >= 0.3 is 0 Å². The molecule has 0 radical (unpaired) electrons. The molecule has 4 unspecified atom stereocenters. The van der Waals surface area contributed by atoms with Gasteiger partial charge in [-0.1, -0.05) is 42.0 Å². The van der Waals surface area contributed by atoms with Crippen LogP contribution in [-0.4, -0.2) is 11.8 Å². The minimum Gasteiger partial charge on any atom is -0.489 e. The first-order chi connectivity index (χ1) is 13.1. The molecule has 1 heterocycles. The molecule has 2 aliphatic carbocycles. The molecule has 4 atom stereocenters. The Morgan fingerprint density at radius 1 is 0.963 bits per heavy atom. The van der Waals surface area contributed by atoms with Crippen LogP contribution in [0.25, 0.3) is 0 Å². The maximum atomic E-state index is 12.9. The number of benzene rings is 2. The lowest BCUT2D eigenvalue weighted by Gasteiger charge is -2.18. The summed E-state index contributed by atoms with van der Waals surface area (Å²) in [6, 6.07) is 14.7. The van der Waals surface area contributed by atoms with Crippen LogP contribution in [0, 0.1) is 23.7 Å². The van der Waals surface area contributed by atoms with E-state index in [9.17, 15) is 9.59 Å². The van der Waals surface area contributed by atoms with Crippen molar-refractivity contribution in [1.82, 2.24) is 0 Å². The maximum Gasteiger partial charge on any atom is 0.238 e. The van der Waals surface area contributed by atoms with Gasteiger partial charge in [0, 0.05) is 11.1 Å². The topological polar surface area (TPSA) is 46.6 Å². The number of rotatable bonds is 4. The van der Waals surface area contributed by atoms with Crippen molar-refractivity contribution in [3.63, 3.8) is 0 Å². The van der Waals surface area contributed by atoms with E-state index >= 15 is 0 Å². The first-order valence-electron chi connectivity index (χ1n) is 9.15. The smallest absolute Gasteiger partial charge is 0.238 e. The number of hydrogen-bond donors (Lipinski definition) is 0. The Labute approximate surface area is 162 Å². The first-order valence-corrected chi connectivity index (χ1v) is 9.53. The predicted molar refractivity (Wildman–Crippen MR) is 102 cm³/mol. The molecule has 0 N–H and O–H groups in total. The number of carbonyl (C=O) groups is 2. The van der Waals surface area contributed by atoms with Crippen molar-refractivity contribution in [2.75, 3.05) is 4.90 Å². The van der Waals surface area contributed by atoms with Crippen LogP contribution in [0.4, 0.5) is 5.69 Å². The van der Waals surface area contributed by atoms with Crippen LogP contribution in [0.2, 0.25) is 5.02 Å². The fourth-order valence-electron chi connectivity index (χ4n) is 4.62. The molecule has 136 valence electrons. The highest BCUT2D eigenvalue weighted by molar-refractivity contribution is 6.30. The van der Waals surface area contributed by atoms with Crippen LogP contribution in [0.1, 0.15) is 12.0 Å². The fourth-order valence-corrected chi connectivity index (χ4v) is 4.74. The van der Waals surface area contributed by atoms with Gasteiger partial charge in [0.25, 0.3) is 0 Å². The van der Waals surface area contributed by atoms with Gasteiger partial charge in [0.2, 0.25) is 11.8 Å². The molecule has 2 aromatic carbocycles. The van der Waals surface area contributed by atoms with Crippen LogP contribution in [0.3, 0.4) is 0 Å². The summed E-state index contributed by atoms with van der Waals surface area (Å²) in [6.07, 6.45) is 5.14. The SMILES string of the molecule is O=C1C2C3C=CC(C3)C2C(=O)N1c1cccc(OCc2ccc(Cl)cc2)c1. The highest BCUT2D eigenvalue weighted by atomic mass is 35.5. The molecular formula is C22H18ClNO3. The zero-order valence-electron chi connectivity index (χ0n) is 14.5. The van der Waals surface area contributed by atoms with Crippen molar-refractivity contribution in [2.24, 2.45) is 23.7 Å². The number of hydrogen-bond acceptors (Lipinski definition) is 3. The Bertz CT molecular complexity index is 922. The molecule has 27 heavy (non-hydrogen) atoms. The standard InChI is InChI=1S/C22H18ClNO3/c23-16-8-4-13(5-9-16)12-27-18-3-1-2-17(11-18)24-21(25)19-14-6-7-15(10-14)20(19)22(24)26/h1-9,11,14-15,19-20H,10,12H2. The van der Waals surface area contributed by atoms with Crippen LogP contribution < -0.4 is 9.64 Å². The summed E-state index contributed by atoms with van der Waals surface area (Å²) in [7, 11) is 0. The third-order valence-electron chi connectivity index (χ3n) is 5.86. The Kier molecular flexibility index (Phi) is 3.83. The van der Waals surface area contributed by atoms with E-state index in [-0.39, 0.29) is 35.5 Å². The molecule has 1 aliphatic heterocycles. The van der Waals surface area contributed by atoms with Crippen LogP contribution >= 0.6 is 11.6 Å². The molecule has 0 aromatic heterocycles. The Morgan fingerprint density at radius 2 is 1.63 bits per heavy atom. The van der Waals surface area contributed by atoms with E-state index in [0.29, 0.717) is 23.1 Å². The van der Waals surface area contributed by atoms with E-state index in [4.69, 9.17) is 16.3 Å². The van der Waals surface area contributed by atoms with Gasteiger partial charge in [-0.2, -0.15) is 0 Å². The number of imide groups is 1. The molecular weight excluding hydrogens is 362 g/mol. The van der Waals surface area contributed by atoms with Gasteiger partial charge in [-0.15, -0.1) is 0 Å². The molecule has 5 rings (SSSR count). The van der Waals surface area contributed by atoms with Crippen molar-refractivity contribution < 1.29 is 14.3 Å². The Hall–Kier alpha value is -2.59. The minimum absolute atomic E-state index is 0.0725. The molecule has 2 fully saturated rings. The van der Waals surface area contributed by atoms with Gasteiger partial charge < -0.3 is 4.74 Å². The largest absolute Gasteiger partial charge is 0.489 e. The Balaban J connectivity index is 1.36. The second kappa shape index (κ2) is 6.24. The van der Waals surface area contributed by atoms with E-state index < -0.39 is 0 Å². The van der Waals surface area contributed by atoms with Crippen LogP contribution in [-0.2, 0) is 16.2 Å². The van der Waals surface area contributed by atoms with E-state index in [2.05, 4.69) is 12.2 Å². The predicted octanol–water partition coefficient (Wildman–Crippen LogP) is 4.23. The number of halogens is 1. The zero-order valence-corrected chi connectivity index (χ0v) is 15.3. The van der Waals surface area contributed by atoms with Crippen molar-refractivity contribution >= 4 is 29.1 Å². The molecule has 1 saturated carbocycles. The summed E-state index contributed by atoms with van der Waals surface area (Å²) in [5.74, 6) is 0.531. The zero-order chi connectivity index (χ0) is 18.5. The van der Waals surface area contributed by atoms with E-state index in [1.54, 1.807) is 12.1 Å². The summed E-state index contributed by atoms with van der Waals surface area (Å²) in [5, 5.41) is 0.681. The summed E-state index contributed by atoms with van der Waals surface area (Å²) < 4.78 is 5.85. The number of nitrogens with zero attached hydrogens (tertiary/aromatic N) is 1. The molecule has 1 saturated heterocycles. The summed E-state index contributed by atoms with van der Waals surface area (Å²) in [6.45, 7) is 0.391. The van der Waals surface area contributed by atoms with Gasteiger partial charge in [0.15, 0.2) is 0 Å². The number of anilines is 1. The lowest BCUT2D eigenvalue weighted by molar-refractivity contribution is -0.123. The van der Waals surface area contributed by atoms with E-state index in [1.165, 1.54) is 4.90 Å². The quantitative estimate of drug-likeness (QED) is 0.590. The van der Waals surface area contributed by atoms with Gasteiger partial charge in [0.1, 0.15) is 12.4 Å². The van der Waals surface area contributed by atoms with Crippen molar-refractivity contribution in [3.8, 4) is 5.75 Å². The molecule has 4 nitrogen and oxygen atoms in total. The van der Waals surface area contributed by atoms with Crippen LogP contribution in [0.15, 0.2) is 60.7 Å². The highest BCUT2D eigenvalue weighted by Crippen LogP contribution is 2.53. The number of amides is 2. The number of allylic oxidation sites excluding steroid dienone is 2. The Morgan fingerprint density at radius 3 is 2.30 bits per heavy atom. The third-order valence-corrected chi connectivity index (χ3v) is 6.12. The summed E-state index contributed by atoms with van der Waals surface area (Å²) in [5.41, 5.74) is 1.59. The molecule has 0 spiro atoms. The van der Waals surface area contributed by atoms with Gasteiger partial charge in [-0.3, -0.25) is 9.59 Å². The highest BCUT2D eigenvalue weighted by Gasteiger charge is 2.59. The van der Waals surface area contributed by atoms with Crippen molar-refractivity contribution in [3.05, 3.63) is 71.3 Å². The second-order valence-electron chi connectivity index (χ2n) is 7.42. The van der Waals surface area contributed by atoms with E-state index in [0.717, 1.165) is 12.0 Å². The first kappa shape index (κ1) is 16.6. The fraction of sp³-hybridized carbons (Fsp3) is 0.273. The number of carbonyl (C=O) groups excluding carboxylic acids is 2. The third kappa shape index (κ3) is 2.67. The number of fused-ring (bicyclic) bond motifs is 5. The monoisotopic (exact) mass is 379 g/mol. The van der Waals surface area contributed by atoms with Gasteiger partial charge in [-0.05, 0) is 48.1 Å². The summed E-state index contributed by atoms with van der Waals surface area (Å²) >= 11 is 5.90. The minimum atomic E-state index is -0.189. The van der Waals surface area contributed by atoms with Crippen LogP contribution in [0.5, 0.6) is 5.75 Å². The maximum absolute atomic E-state index is 12.9. The molecule has 2 amide bonds. The normalized spacial score (nSPS) is 28.1. The van der Waals surface area contributed by atoms with Gasteiger partial charge in [0.05, 0.1) is 17.5 Å². The summed E-state index contributed by atoms with van der Waals surface area (Å²) in [4.78, 5) is 27.2. The average Bonchev–Trinajstić information content (AvgIpc) is 3.35. The lowest BCUT2D eigenvalue weighted by atomic mass is 9.85. The molecule has 3 aliphatic rings. The molecule has 2 aromatic rings. The number of ether oxygens (including phenoxy) is 1. The van der Waals surface area contributed by atoms with E-state index in [1.807, 2.05) is 36.4 Å².